The van der Waals surface area contributed by atoms with E-state index in [1.165, 1.54) is 17.1 Å². The first-order valence-electron chi connectivity index (χ1n) is 6.97. The van der Waals surface area contributed by atoms with Crippen molar-refractivity contribution in [2.24, 2.45) is 0 Å². The van der Waals surface area contributed by atoms with Crippen LogP contribution in [0.3, 0.4) is 0 Å². The van der Waals surface area contributed by atoms with Crippen molar-refractivity contribution in [2.75, 3.05) is 5.32 Å². The second kappa shape index (κ2) is 7.17. The minimum atomic E-state index is 0.676. The van der Waals surface area contributed by atoms with Gasteiger partial charge in [-0.3, -0.25) is 0 Å². The van der Waals surface area contributed by atoms with Gasteiger partial charge in [0.05, 0.1) is 17.2 Å². The lowest BCUT2D eigenvalue weighted by molar-refractivity contribution is 0.982. The van der Waals surface area contributed by atoms with Crippen molar-refractivity contribution in [3.63, 3.8) is 0 Å². The van der Waals surface area contributed by atoms with Gasteiger partial charge in [0.1, 0.15) is 5.82 Å². The second-order valence-electron chi connectivity index (χ2n) is 4.76. The van der Waals surface area contributed by atoms with E-state index in [4.69, 9.17) is 11.6 Å². The molecule has 0 spiro atoms. The highest BCUT2D eigenvalue weighted by molar-refractivity contribution is 7.10. The Bertz CT molecular complexity index is 736. The summed E-state index contributed by atoms with van der Waals surface area (Å²) in [5.74, 6) is 0.884. The van der Waals surface area contributed by atoms with Gasteiger partial charge in [-0.25, -0.2) is 9.97 Å². The van der Waals surface area contributed by atoms with E-state index >= 15 is 0 Å². The topological polar surface area (TPSA) is 50.7 Å². The van der Waals surface area contributed by atoms with Crippen LogP contribution in [0.1, 0.15) is 29.0 Å². The smallest absolute Gasteiger partial charge is 0.202 e. The second-order valence-corrected chi connectivity index (χ2v) is 6.89. The molecule has 2 aromatic heterocycles. The molecule has 22 heavy (non-hydrogen) atoms. The van der Waals surface area contributed by atoms with Crippen molar-refractivity contribution in [3.8, 4) is 0 Å². The summed E-state index contributed by atoms with van der Waals surface area (Å²) in [4.78, 5) is 9.04. The number of rotatable bonds is 6. The van der Waals surface area contributed by atoms with Gasteiger partial charge in [0.2, 0.25) is 5.13 Å². The van der Waals surface area contributed by atoms with Crippen molar-refractivity contribution in [1.82, 2.24) is 14.3 Å². The molecule has 1 N–H and O–H groups in total. The van der Waals surface area contributed by atoms with Crippen LogP contribution in [0.5, 0.6) is 0 Å². The molecule has 0 fully saturated rings. The number of hydrogen-bond donors (Lipinski definition) is 1. The molecule has 3 aromatic rings. The zero-order valence-corrected chi connectivity index (χ0v) is 14.4. The molecule has 7 heteroatoms. The number of hydrogen-bond acceptors (Lipinski definition) is 6. The molecule has 0 unspecified atom stereocenters. The number of thiazole rings is 1. The molecule has 4 nitrogen and oxygen atoms in total. The van der Waals surface area contributed by atoms with Crippen molar-refractivity contribution in [2.45, 2.75) is 26.3 Å². The molecule has 114 valence electrons. The average molecular weight is 351 g/mol. The number of aromatic nitrogens is 3. The summed E-state index contributed by atoms with van der Waals surface area (Å²) in [5.41, 5.74) is 2.25. The normalized spacial score (nSPS) is 10.8. The summed E-state index contributed by atoms with van der Waals surface area (Å²) in [7, 11) is 0. The van der Waals surface area contributed by atoms with Crippen LogP contribution in [0.2, 0.25) is 5.02 Å². The van der Waals surface area contributed by atoms with Gasteiger partial charge in [-0.15, -0.1) is 11.3 Å². The third-order valence-corrected chi connectivity index (χ3v) is 4.93. The minimum absolute atomic E-state index is 0.676. The molecule has 2 heterocycles. The Balaban J connectivity index is 1.57. The van der Waals surface area contributed by atoms with Crippen LogP contribution in [0.4, 0.5) is 5.13 Å². The van der Waals surface area contributed by atoms with Crippen LogP contribution in [0.25, 0.3) is 0 Å². The Hall–Kier alpha value is -1.50. The van der Waals surface area contributed by atoms with Crippen LogP contribution in [0, 0.1) is 0 Å². The molecule has 0 bridgehead atoms. The SMILES string of the molecule is CCc1nsc(NCc2csc(Cc3ccc(Cl)cc3)n2)n1. The van der Waals surface area contributed by atoms with Crippen LogP contribution in [-0.4, -0.2) is 14.3 Å². The third-order valence-electron chi connectivity index (χ3n) is 3.07. The zero-order valence-electron chi connectivity index (χ0n) is 12.0. The van der Waals surface area contributed by atoms with Gasteiger partial charge in [0.15, 0.2) is 0 Å². The number of aryl methyl sites for hydroxylation is 1. The monoisotopic (exact) mass is 350 g/mol. The molecule has 0 aliphatic carbocycles. The average Bonchev–Trinajstić information content (AvgIpc) is 3.16. The largest absolute Gasteiger partial charge is 0.355 e. The molecule has 0 saturated carbocycles. The molecule has 0 aliphatic heterocycles. The van der Waals surface area contributed by atoms with Crippen molar-refractivity contribution in [3.05, 3.63) is 56.8 Å². The zero-order chi connectivity index (χ0) is 15.4. The maximum atomic E-state index is 5.90. The number of anilines is 1. The lowest BCUT2D eigenvalue weighted by atomic mass is 10.2. The summed E-state index contributed by atoms with van der Waals surface area (Å²) in [5, 5.41) is 8.07. The van der Waals surface area contributed by atoms with E-state index in [1.54, 1.807) is 11.3 Å². The highest BCUT2D eigenvalue weighted by Crippen LogP contribution is 2.18. The third kappa shape index (κ3) is 4.03. The first-order chi connectivity index (χ1) is 10.7. The maximum absolute atomic E-state index is 5.90. The minimum Gasteiger partial charge on any atom is -0.355 e. The molecule has 1 aromatic carbocycles. The van der Waals surface area contributed by atoms with Gasteiger partial charge in [-0.05, 0) is 17.7 Å². The fraction of sp³-hybridized carbons (Fsp3) is 0.267. The molecule has 0 amide bonds. The Morgan fingerprint density at radius 1 is 1.18 bits per heavy atom. The van der Waals surface area contributed by atoms with Gasteiger partial charge in [-0.1, -0.05) is 30.7 Å². The molecule has 0 saturated heterocycles. The van der Waals surface area contributed by atoms with E-state index in [-0.39, 0.29) is 0 Å². The van der Waals surface area contributed by atoms with Gasteiger partial charge >= 0.3 is 0 Å². The predicted molar refractivity (Wildman–Crippen MR) is 93.0 cm³/mol. The molecule has 0 atom stereocenters. The number of benzene rings is 1. The first kappa shape index (κ1) is 15.4. The van der Waals surface area contributed by atoms with E-state index in [9.17, 15) is 0 Å². The standard InChI is InChI=1S/C15H15ClN4S2/c1-2-13-19-15(22-20-13)17-8-12-9-21-14(18-12)7-10-3-5-11(16)6-4-10/h3-6,9H,2,7-8H2,1H3,(H,17,19,20). The lowest BCUT2D eigenvalue weighted by Gasteiger charge is -1.99. The van der Waals surface area contributed by atoms with Crippen LogP contribution in [0.15, 0.2) is 29.6 Å². The van der Waals surface area contributed by atoms with Gasteiger partial charge in [-0.2, -0.15) is 4.37 Å². The fourth-order valence-corrected chi connectivity index (χ4v) is 3.52. The van der Waals surface area contributed by atoms with Crippen LogP contribution >= 0.6 is 34.5 Å². The Kier molecular flexibility index (Phi) is 5.02. The molecule has 0 radical (unpaired) electrons. The Morgan fingerprint density at radius 2 is 2.00 bits per heavy atom. The fourth-order valence-electron chi connectivity index (χ4n) is 1.92. The molecular weight excluding hydrogens is 336 g/mol. The summed E-state index contributed by atoms with van der Waals surface area (Å²) >= 11 is 8.97. The summed E-state index contributed by atoms with van der Waals surface area (Å²) in [6, 6.07) is 7.89. The Labute approximate surface area is 142 Å². The molecule has 3 rings (SSSR count). The maximum Gasteiger partial charge on any atom is 0.202 e. The van der Waals surface area contributed by atoms with Crippen molar-refractivity contribution in [1.29, 1.82) is 0 Å². The summed E-state index contributed by atoms with van der Waals surface area (Å²) < 4.78 is 4.25. The Morgan fingerprint density at radius 3 is 2.73 bits per heavy atom. The van der Waals surface area contributed by atoms with E-state index in [0.29, 0.717) is 6.54 Å². The van der Waals surface area contributed by atoms with Crippen LogP contribution in [-0.2, 0) is 19.4 Å². The lowest BCUT2D eigenvalue weighted by Crippen LogP contribution is -2.00. The van der Waals surface area contributed by atoms with E-state index in [0.717, 1.165) is 39.5 Å². The predicted octanol–water partition coefficient (Wildman–Crippen LogP) is 4.41. The number of halogens is 1. The molecule has 0 aliphatic rings. The van der Waals surface area contributed by atoms with E-state index < -0.39 is 0 Å². The van der Waals surface area contributed by atoms with Gasteiger partial charge in [0, 0.05) is 34.8 Å². The van der Waals surface area contributed by atoms with Gasteiger partial charge < -0.3 is 5.32 Å². The highest BCUT2D eigenvalue weighted by atomic mass is 35.5. The molecular formula is C15H15ClN4S2. The van der Waals surface area contributed by atoms with Gasteiger partial charge in [0.25, 0.3) is 0 Å². The van der Waals surface area contributed by atoms with Crippen molar-refractivity contribution < 1.29 is 0 Å². The first-order valence-corrected chi connectivity index (χ1v) is 9.00. The number of nitrogens with zero attached hydrogens (tertiary/aromatic N) is 3. The highest BCUT2D eigenvalue weighted by Gasteiger charge is 2.06. The number of nitrogens with one attached hydrogen (secondary N) is 1. The van der Waals surface area contributed by atoms with E-state index in [2.05, 4.69) is 32.0 Å². The van der Waals surface area contributed by atoms with Crippen molar-refractivity contribution >= 4 is 39.6 Å². The quantitative estimate of drug-likeness (QED) is 0.715. The summed E-state index contributed by atoms with van der Waals surface area (Å²) in [6.07, 6.45) is 1.70. The van der Waals surface area contributed by atoms with E-state index in [1.807, 2.05) is 24.3 Å². The summed E-state index contributed by atoms with van der Waals surface area (Å²) in [6.45, 7) is 2.73. The van der Waals surface area contributed by atoms with Crippen LogP contribution < -0.4 is 5.32 Å².